The molecule has 1 N–H and O–H groups in total. The molecule has 1 heterocycles. The Morgan fingerprint density at radius 1 is 1.23 bits per heavy atom. The molecule has 6 heteroatoms. The Bertz CT molecular complexity index is 358. The summed E-state index contributed by atoms with van der Waals surface area (Å²) in [7, 11) is 0. The minimum atomic E-state index is -0.517. The third-order valence-electron chi connectivity index (χ3n) is 3.53. The molecule has 1 aliphatic heterocycles. The first-order valence-corrected chi connectivity index (χ1v) is 8.14. The lowest BCUT2D eigenvalue weighted by atomic mass is 9.97. The summed E-state index contributed by atoms with van der Waals surface area (Å²) < 4.78 is 10.6. The van der Waals surface area contributed by atoms with Crippen LogP contribution in [0.15, 0.2) is 0 Å². The molecule has 0 unspecified atom stereocenters. The predicted molar refractivity (Wildman–Crippen MR) is 84.7 cm³/mol. The Hall–Kier alpha value is -1.30. The highest BCUT2D eigenvalue weighted by molar-refractivity contribution is 5.77. The fourth-order valence-corrected chi connectivity index (χ4v) is 2.38. The van der Waals surface area contributed by atoms with Gasteiger partial charge in [0.05, 0.1) is 0 Å². The number of hydrogen-bond acceptors (Lipinski definition) is 4. The van der Waals surface area contributed by atoms with E-state index in [1.807, 2.05) is 32.6 Å². The van der Waals surface area contributed by atoms with E-state index in [4.69, 9.17) is 9.47 Å². The molecule has 0 aliphatic carbocycles. The average Bonchev–Trinajstić information content (AvgIpc) is 2.43. The summed E-state index contributed by atoms with van der Waals surface area (Å²) in [6.45, 7) is 10.8. The SMILES string of the molecule is CCOCC1CCN(C(=O)CCNC(=O)OC(C)(C)C)CC1. The van der Waals surface area contributed by atoms with Gasteiger partial charge in [0, 0.05) is 39.3 Å². The molecule has 1 aliphatic rings. The van der Waals surface area contributed by atoms with E-state index in [-0.39, 0.29) is 5.91 Å². The van der Waals surface area contributed by atoms with E-state index in [0.29, 0.717) is 18.9 Å². The Labute approximate surface area is 133 Å². The molecule has 0 atom stereocenters. The number of nitrogens with zero attached hydrogens (tertiary/aromatic N) is 1. The quantitative estimate of drug-likeness (QED) is 0.816. The number of alkyl carbamates (subject to hydrolysis) is 1. The van der Waals surface area contributed by atoms with E-state index in [0.717, 1.165) is 39.1 Å². The van der Waals surface area contributed by atoms with E-state index >= 15 is 0 Å². The number of ether oxygens (including phenoxy) is 2. The molecule has 22 heavy (non-hydrogen) atoms. The van der Waals surface area contributed by atoms with Crippen molar-refractivity contribution >= 4 is 12.0 Å². The molecule has 2 amide bonds. The van der Waals surface area contributed by atoms with Crippen molar-refractivity contribution in [3.63, 3.8) is 0 Å². The van der Waals surface area contributed by atoms with Gasteiger partial charge in [-0.3, -0.25) is 4.79 Å². The molecule has 0 saturated carbocycles. The summed E-state index contributed by atoms with van der Waals surface area (Å²) in [6, 6.07) is 0. The van der Waals surface area contributed by atoms with Crippen molar-refractivity contribution in [3.8, 4) is 0 Å². The van der Waals surface area contributed by atoms with Crippen LogP contribution in [0.25, 0.3) is 0 Å². The second-order valence-corrected chi connectivity index (χ2v) is 6.66. The van der Waals surface area contributed by atoms with Gasteiger partial charge in [0.15, 0.2) is 0 Å². The predicted octanol–water partition coefficient (Wildman–Crippen LogP) is 2.18. The molecule has 0 bridgehead atoms. The lowest BCUT2D eigenvalue weighted by Crippen LogP contribution is -2.41. The summed E-state index contributed by atoms with van der Waals surface area (Å²) in [5.41, 5.74) is -0.517. The zero-order chi connectivity index (χ0) is 16.6. The molecular formula is C16H30N2O4. The zero-order valence-corrected chi connectivity index (χ0v) is 14.3. The van der Waals surface area contributed by atoms with Crippen molar-refractivity contribution in [2.45, 2.75) is 52.6 Å². The minimum Gasteiger partial charge on any atom is -0.444 e. The van der Waals surface area contributed by atoms with Crippen molar-refractivity contribution in [3.05, 3.63) is 0 Å². The average molecular weight is 314 g/mol. The van der Waals surface area contributed by atoms with E-state index in [1.54, 1.807) is 0 Å². The van der Waals surface area contributed by atoms with Crippen LogP contribution in [0.2, 0.25) is 0 Å². The number of likely N-dealkylation sites (tertiary alicyclic amines) is 1. The zero-order valence-electron chi connectivity index (χ0n) is 14.3. The molecule has 0 aromatic rings. The largest absolute Gasteiger partial charge is 0.444 e. The summed E-state index contributed by atoms with van der Waals surface area (Å²) in [6.07, 6.45) is 1.82. The van der Waals surface area contributed by atoms with Gasteiger partial charge in [-0.05, 0) is 46.5 Å². The van der Waals surface area contributed by atoms with Crippen LogP contribution in [-0.4, -0.2) is 55.3 Å². The van der Waals surface area contributed by atoms with Gasteiger partial charge in [-0.1, -0.05) is 0 Å². The van der Waals surface area contributed by atoms with Gasteiger partial charge < -0.3 is 19.7 Å². The van der Waals surface area contributed by atoms with Gasteiger partial charge in [0.2, 0.25) is 5.91 Å². The molecule has 1 rings (SSSR count). The topological polar surface area (TPSA) is 67.9 Å². The number of nitrogens with one attached hydrogen (secondary N) is 1. The van der Waals surface area contributed by atoms with Gasteiger partial charge in [0.1, 0.15) is 5.60 Å². The van der Waals surface area contributed by atoms with Crippen molar-refractivity contribution < 1.29 is 19.1 Å². The molecular weight excluding hydrogens is 284 g/mol. The lowest BCUT2D eigenvalue weighted by Gasteiger charge is -2.32. The molecule has 128 valence electrons. The summed E-state index contributed by atoms with van der Waals surface area (Å²) in [5, 5.41) is 2.62. The van der Waals surface area contributed by atoms with E-state index < -0.39 is 11.7 Å². The van der Waals surface area contributed by atoms with Gasteiger partial charge in [0.25, 0.3) is 0 Å². The second-order valence-electron chi connectivity index (χ2n) is 6.66. The summed E-state index contributed by atoms with van der Waals surface area (Å²) in [5.74, 6) is 0.648. The molecule has 0 aromatic carbocycles. The number of carbonyl (C=O) groups is 2. The number of rotatable bonds is 6. The van der Waals surface area contributed by atoms with E-state index in [1.165, 1.54) is 0 Å². The smallest absolute Gasteiger partial charge is 0.407 e. The fraction of sp³-hybridized carbons (Fsp3) is 0.875. The first kappa shape index (κ1) is 18.7. The van der Waals surface area contributed by atoms with Crippen molar-refractivity contribution in [2.24, 2.45) is 5.92 Å². The maximum atomic E-state index is 12.1. The summed E-state index contributed by atoms with van der Waals surface area (Å²) >= 11 is 0. The van der Waals surface area contributed by atoms with E-state index in [9.17, 15) is 9.59 Å². The van der Waals surface area contributed by atoms with Gasteiger partial charge in [-0.25, -0.2) is 4.79 Å². The molecule has 1 fully saturated rings. The number of hydrogen-bond donors (Lipinski definition) is 1. The van der Waals surface area contributed by atoms with Crippen molar-refractivity contribution in [2.75, 3.05) is 32.8 Å². The van der Waals surface area contributed by atoms with Crippen LogP contribution >= 0.6 is 0 Å². The van der Waals surface area contributed by atoms with Crippen LogP contribution in [0.1, 0.15) is 47.0 Å². The van der Waals surface area contributed by atoms with Crippen LogP contribution in [-0.2, 0) is 14.3 Å². The third-order valence-corrected chi connectivity index (χ3v) is 3.53. The monoisotopic (exact) mass is 314 g/mol. The van der Waals surface area contributed by atoms with Crippen LogP contribution in [0.5, 0.6) is 0 Å². The molecule has 6 nitrogen and oxygen atoms in total. The first-order valence-electron chi connectivity index (χ1n) is 8.14. The van der Waals surface area contributed by atoms with Gasteiger partial charge >= 0.3 is 6.09 Å². The van der Waals surface area contributed by atoms with Crippen molar-refractivity contribution in [1.29, 1.82) is 0 Å². The second kappa shape index (κ2) is 8.98. The fourth-order valence-electron chi connectivity index (χ4n) is 2.38. The Kier molecular flexibility index (Phi) is 7.65. The lowest BCUT2D eigenvalue weighted by molar-refractivity contribution is -0.132. The highest BCUT2D eigenvalue weighted by Crippen LogP contribution is 2.18. The van der Waals surface area contributed by atoms with Gasteiger partial charge in [-0.15, -0.1) is 0 Å². The highest BCUT2D eigenvalue weighted by atomic mass is 16.6. The first-order chi connectivity index (χ1) is 10.3. The molecule has 0 aromatic heterocycles. The van der Waals surface area contributed by atoms with Crippen LogP contribution in [0, 0.1) is 5.92 Å². The van der Waals surface area contributed by atoms with Crippen LogP contribution in [0.4, 0.5) is 4.79 Å². The Morgan fingerprint density at radius 3 is 2.41 bits per heavy atom. The van der Waals surface area contributed by atoms with Crippen LogP contribution < -0.4 is 5.32 Å². The molecule has 1 saturated heterocycles. The highest BCUT2D eigenvalue weighted by Gasteiger charge is 2.23. The number of piperidine rings is 1. The molecule has 0 radical (unpaired) electrons. The standard InChI is InChI=1S/C16H30N2O4/c1-5-21-12-13-7-10-18(11-8-13)14(19)6-9-17-15(20)22-16(2,3)4/h13H,5-12H2,1-4H3,(H,17,20). The van der Waals surface area contributed by atoms with Crippen LogP contribution in [0.3, 0.4) is 0 Å². The maximum Gasteiger partial charge on any atom is 0.407 e. The Morgan fingerprint density at radius 2 is 1.86 bits per heavy atom. The third kappa shape index (κ3) is 7.64. The van der Waals surface area contributed by atoms with Gasteiger partial charge in [-0.2, -0.15) is 0 Å². The van der Waals surface area contributed by atoms with E-state index in [2.05, 4.69) is 5.32 Å². The number of carbonyl (C=O) groups excluding carboxylic acids is 2. The van der Waals surface area contributed by atoms with Crippen molar-refractivity contribution in [1.82, 2.24) is 10.2 Å². The number of amides is 2. The summed E-state index contributed by atoms with van der Waals surface area (Å²) in [4.78, 5) is 25.5. The Balaban J connectivity index is 2.17. The minimum absolute atomic E-state index is 0.0888. The molecule has 0 spiro atoms. The normalized spacial score (nSPS) is 16.5. The maximum absolute atomic E-state index is 12.1.